The molecule has 1 aliphatic rings. The summed E-state index contributed by atoms with van der Waals surface area (Å²) in [6.07, 6.45) is 0. The topological polar surface area (TPSA) is 49.4 Å². The summed E-state index contributed by atoms with van der Waals surface area (Å²) >= 11 is 0. The van der Waals surface area contributed by atoms with E-state index >= 15 is 0 Å². The van der Waals surface area contributed by atoms with Gasteiger partial charge in [0.05, 0.1) is 11.3 Å². The van der Waals surface area contributed by atoms with Crippen LogP contribution in [-0.2, 0) is 9.59 Å². The number of carbonyl (C=O) groups excluding carboxylic acids is 2. The molecule has 0 aliphatic carbocycles. The van der Waals surface area contributed by atoms with Gasteiger partial charge in [-0.2, -0.15) is 0 Å². The first-order valence-corrected chi connectivity index (χ1v) is 9.34. The fourth-order valence-corrected chi connectivity index (χ4v) is 3.38. The summed E-state index contributed by atoms with van der Waals surface area (Å²) in [5.41, 5.74) is 2.75. The Balaban J connectivity index is 1.86. The van der Waals surface area contributed by atoms with Crippen LogP contribution in [0.15, 0.2) is 72.4 Å². The normalized spacial score (nSPS) is 13.9. The van der Waals surface area contributed by atoms with E-state index in [9.17, 15) is 18.4 Å². The number of hydrogen-bond donors (Lipinski definition) is 1. The molecule has 1 heterocycles. The molecular formula is C24H18F2N2O2. The number of amides is 2. The number of rotatable bonds is 4. The molecule has 0 fully saturated rings. The third kappa shape index (κ3) is 3.48. The summed E-state index contributed by atoms with van der Waals surface area (Å²) in [7, 11) is 0. The van der Waals surface area contributed by atoms with Gasteiger partial charge in [0, 0.05) is 11.8 Å². The quantitative estimate of drug-likeness (QED) is 0.624. The number of nitrogens with zero attached hydrogens (tertiary/aromatic N) is 1. The lowest BCUT2D eigenvalue weighted by atomic mass is 10.0. The predicted molar refractivity (Wildman–Crippen MR) is 112 cm³/mol. The van der Waals surface area contributed by atoms with Crippen molar-refractivity contribution in [2.24, 2.45) is 0 Å². The zero-order valence-corrected chi connectivity index (χ0v) is 16.4. The van der Waals surface area contributed by atoms with Crippen LogP contribution < -0.4 is 10.2 Å². The van der Waals surface area contributed by atoms with E-state index in [1.807, 2.05) is 44.2 Å². The number of carbonyl (C=O) groups is 2. The Morgan fingerprint density at radius 1 is 0.800 bits per heavy atom. The largest absolute Gasteiger partial charge is 0.350 e. The molecular weight excluding hydrogens is 386 g/mol. The van der Waals surface area contributed by atoms with Crippen molar-refractivity contribution >= 4 is 28.8 Å². The fraction of sp³-hybridized carbons (Fsp3) is 0.0833. The number of imide groups is 1. The van der Waals surface area contributed by atoms with E-state index in [1.165, 1.54) is 0 Å². The van der Waals surface area contributed by atoms with Crippen LogP contribution in [0.2, 0.25) is 0 Å². The zero-order chi connectivity index (χ0) is 21.4. The van der Waals surface area contributed by atoms with Gasteiger partial charge in [0.25, 0.3) is 11.8 Å². The highest BCUT2D eigenvalue weighted by molar-refractivity contribution is 6.46. The van der Waals surface area contributed by atoms with E-state index in [0.29, 0.717) is 16.2 Å². The van der Waals surface area contributed by atoms with E-state index < -0.39 is 29.1 Å². The highest BCUT2D eigenvalue weighted by Crippen LogP contribution is 2.35. The van der Waals surface area contributed by atoms with Gasteiger partial charge in [-0.1, -0.05) is 42.0 Å². The summed E-state index contributed by atoms with van der Waals surface area (Å²) in [5, 5.41) is 3.01. The van der Waals surface area contributed by atoms with E-state index in [0.717, 1.165) is 29.3 Å². The van der Waals surface area contributed by atoms with Crippen LogP contribution in [0, 0.1) is 25.5 Å². The first kappa shape index (κ1) is 19.5. The number of hydrogen-bond acceptors (Lipinski definition) is 3. The van der Waals surface area contributed by atoms with Crippen LogP contribution >= 0.6 is 0 Å². The molecule has 0 bridgehead atoms. The molecule has 150 valence electrons. The van der Waals surface area contributed by atoms with Crippen LogP contribution in [-0.4, -0.2) is 11.8 Å². The van der Waals surface area contributed by atoms with Crippen molar-refractivity contribution in [2.45, 2.75) is 13.8 Å². The van der Waals surface area contributed by atoms with Crippen LogP contribution in [0.3, 0.4) is 0 Å². The van der Waals surface area contributed by atoms with E-state index in [2.05, 4.69) is 5.32 Å². The Hall–Kier alpha value is -3.80. The molecule has 0 radical (unpaired) electrons. The molecule has 30 heavy (non-hydrogen) atoms. The Bertz CT molecular complexity index is 1200. The minimum Gasteiger partial charge on any atom is -0.350 e. The van der Waals surface area contributed by atoms with Gasteiger partial charge in [-0.25, -0.2) is 13.7 Å². The third-order valence-electron chi connectivity index (χ3n) is 4.86. The van der Waals surface area contributed by atoms with Gasteiger partial charge in [0.2, 0.25) is 0 Å². The third-order valence-corrected chi connectivity index (χ3v) is 4.86. The summed E-state index contributed by atoms with van der Waals surface area (Å²) in [5.74, 6) is -3.08. The first-order chi connectivity index (χ1) is 14.3. The van der Waals surface area contributed by atoms with E-state index in [-0.39, 0.29) is 11.3 Å². The molecule has 6 heteroatoms. The number of aryl methyl sites for hydroxylation is 2. The van der Waals surface area contributed by atoms with Crippen LogP contribution in [0.4, 0.5) is 20.2 Å². The molecule has 2 amide bonds. The number of halogens is 2. The van der Waals surface area contributed by atoms with Crippen molar-refractivity contribution in [2.75, 3.05) is 10.2 Å². The highest BCUT2D eigenvalue weighted by Gasteiger charge is 2.41. The maximum Gasteiger partial charge on any atom is 0.282 e. The summed E-state index contributed by atoms with van der Waals surface area (Å²) < 4.78 is 28.2. The molecule has 0 saturated heterocycles. The molecule has 0 saturated carbocycles. The Kier molecular flexibility index (Phi) is 4.91. The van der Waals surface area contributed by atoms with Crippen molar-refractivity contribution < 1.29 is 18.4 Å². The van der Waals surface area contributed by atoms with Crippen molar-refractivity contribution in [3.8, 4) is 0 Å². The first-order valence-electron chi connectivity index (χ1n) is 9.34. The molecule has 0 aromatic heterocycles. The van der Waals surface area contributed by atoms with Crippen molar-refractivity contribution in [1.82, 2.24) is 0 Å². The lowest BCUT2D eigenvalue weighted by molar-refractivity contribution is -0.120. The molecule has 1 aliphatic heterocycles. The van der Waals surface area contributed by atoms with Gasteiger partial charge < -0.3 is 5.32 Å². The van der Waals surface area contributed by atoms with E-state index in [4.69, 9.17) is 0 Å². The minimum absolute atomic E-state index is 0.0121. The molecule has 3 aromatic carbocycles. The molecule has 0 unspecified atom stereocenters. The number of anilines is 2. The number of benzene rings is 3. The maximum absolute atomic E-state index is 14.4. The van der Waals surface area contributed by atoms with Gasteiger partial charge >= 0.3 is 0 Å². The Morgan fingerprint density at radius 2 is 1.53 bits per heavy atom. The summed E-state index contributed by atoms with van der Waals surface area (Å²) in [6, 6.07) is 17.0. The minimum atomic E-state index is -0.863. The van der Waals surface area contributed by atoms with Crippen molar-refractivity contribution in [3.05, 3.63) is 101 Å². The SMILES string of the molecule is Cc1ccc(C2=C(Nc3cccc(C)c3)C(=O)N(c3cc(F)ccc3F)C2=O)cc1. The van der Waals surface area contributed by atoms with Gasteiger partial charge in [-0.15, -0.1) is 0 Å². The van der Waals surface area contributed by atoms with Gasteiger partial charge in [0.15, 0.2) is 0 Å². The molecule has 0 spiro atoms. The van der Waals surface area contributed by atoms with Crippen LogP contribution in [0.25, 0.3) is 5.57 Å². The molecule has 1 N–H and O–H groups in total. The van der Waals surface area contributed by atoms with Crippen molar-refractivity contribution in [1.29, 1.82) is 0 Å². The average Bonchev–Trinajstić information content (AvgIpc) is 2.94. The monoisotopic (exact) mass is 404 g/mol. The second kappa shape index (κ2) is 7.55. The molecule has 4 nitrogen and oxygen atoms in total. The predicted octanol–water partition coefficient (Wildman–Crippen LogP) is 4.98. The molecule has 0 atom stereocenters. The van der Waals surface area contributed by atoms with Crippen LogP contribution in [0.5, 0.6) is 0 Å². The second-order valence-corrected chi connectivity index (χ2v) is 7.15. The summed E-state index contributed by atoms with van der Waals surface area (Å²) in [4.78, 5) is 27.1. The second-order valence-electron chi connectivity index (χ2n) is 7.15. The van der Waals surface area contributed by atoms with E-state index in [1.54, 1.807) is 18.2 Å². The lowest BCUT2D eigenvalue weighted by Crippen LogP contribution is -2.33. The lowest BCUT2D eigenvalue weighted by Gasteiger charge is -2.16. The fourth-order valence-electron chi connectivity index (χ4n) is 3.38. The average molecular weight is 404 g/mol. The summed E-state index contributed by atoms with van der Waals surface area (Å²) in [6.45, 7) is 3.80. The van der Waals surface area contributed by atoms with Gasteiger partial charge in [0.1, 0.15) is 17.3 Å². The highest BCUT2D eigenvalue weighted by atomic mass is 19.1. The Morgan fingerprint density at radius 3 is 2.23 bits per heavy atom. The van der Waals surface area contributed by atoms with Crippen LogP contribution in [0.1, 0.15) is 16.7 Å². The molecule has 4 rings (SSSR count). The number of nitrogens with one attached hydrogen (secondary N) is 1. The smallest absolute Gasteiger partial charge is 0.282 e. The maximum atomic E-state index is 14.4. The standard InChI is InChI=1S/C24H18F2N2O2/c1-14-6-8-16(9-7-14)21-22(27-18-5-3-4-15(2)12-18)24(30)28(23(21)29)20-13-17(25)10-11-19(20)26/h3-13,27H,1-2H3. The van der Waals surface area contributed by atoms with Gasteiger partial charge in [-0.05, 0) is 49.2 Å². The van der Waals surface area contributed by atoms with Crippen molar-refractivity contribution in [3.63, 3.8) is 0 Å². The Labute approximate surface area is 172 Å². The zero-order valence-electron chi connectivity index (χ0n) is 16.4. The molecule has 3 aromatic rings. The van der Waals surface area contributed by atoms with Gasteiger partial charge in [-0.3, -0.25) is 9.59 Å².